The summed E-state index contributed by atoms with van der Waals surface area (Å²) in [6.07, 6.45) is 0.321. The molecule has 0 amide bonds. The lowest BCUT2D eigenvalue weighted by atomic mass is 10.1. The summed E-state index contributed by atoms with van der Waals surface area (Å²) in [6, 6.07) is 13.7. The second-order valence-corrected chi connectivity index (χ2v) is 8.78. The zero-order valence-electron chi connectivity index (χ0n) is 18.2. The molecule has 3 rings (SSSR count). The maximum absolute atomic E-state index is 12.9. The van der Waals surface area contributed by atoms with E-state index in [-0.39, 0.29) is 0 Å². The highest BCUT2D eigenvalue weighted by molar-refractivity contribution is 8.08. The molecule has 0 aliphatic carbocycles. The Hall–Kier alpha value is -2.08. The third kappa shape index (κ3) is 6.22. The standard InChI is InChI=1S/C25H30F3NOS/c1-3-5-15-29(16-6-4-2)22-13-9-20(10-14-22)24-23(30-17-18-31-24)19-7-11-21(12-8-19)25(26,27)28/h7-14H,3-6,15-18H2,1-2H3. The van der Waals surface area contributed by atoms with Crippen molar-refractivity contribution >= 4 is 28.1 Å². The first-order valence-electron chi connectivity index (χ1n) is 11.0. The van der Waals surface area contributed by atoms with Gasteiger partial charge in [0.2, 0.25) is 0 Å². The van der Waals surface area contributed by atoms with E-state index in [1.54, 1.807) is 11.8 Å². The first kappa shape index (κ1) is 23.6. The topological polar surface area (TPSA) is 12.5 Å². The Labute approximate surface area is 187 Å². The maximum Gasteiger partial charge on any atom is 0.416 e. The van der Waals surface area contributed by atoms with E-state index < -0.39 is 11.7 Å². The second kappa shape index (κ2) is 11.0. The predicted octanol–water partition coefficient (Wildman–Crippen LogP) is 7.70. The Morgan fingerprint density at radius 3 is 2.00 bits per heavy atom. The van der Waals surface area contributed by atoms with E-state index in [2.05, 4.69) is 43.0 Å². The third-order valence-electron chi connectivity index (χ3n) is 5.31. The number of hydrogen-bond donors (Lipinski definition) is 0. The summed E-state index contributed by atoms with van der Waals surface area (Å²) in [4.78, 5) is 3.41. The van der Waals surface area contributed by atoms with Crippen molar-refractivity contribution in [1.29, 1.82) is 0 Å². The largest absolute Gasteiger partial charge is 0.491 e. The van der Waals surface area contributed by atoms with Crippen LogP contribution in [0.1, 0.15) is 56.2 Å². The van der Waals surface area contributed by atoms with E-state index in [1.807, 2.05) is 0 Å². The van der Waals surface area contributed by atoms with Gasteiger partial charge in [-0.3, -0.25) is 0 Å². The van der Waals surface area contributed by atoms with Crippen LogP contribution in [-0.4, -0.2) is 25.4 Å². The molecule has 2 aromatic rings. The van der Waals surface area contributed by atoms with E-state index >= 15 is 0 Å². The maximum atomic E-state index is 12.9. The Kier molecular flexibility index (Phi) is 8.35. The van der Waals surface area contributed by atoms with Crippen LogP contribution in [0.2, 0.25) is 0 Å². The normalized spacial score (nSPS) is 14.5. The molecule has 0 N–H and O–H groups in total. The van der Waals surface area contributed by atoms with Crippen LogP contribution >= 0.6 is 11.8 Å². The predicted molar refractivity (Wildman–Crippen MR) is 125 cm³/mol. The van der Waals surface area contributed by atoms with E-state index in [1.165, 1.54) is 30.7 Å². The van der Waals surface area contributed by atoms with Gasteiger partial charge in [0.1, 0.15) is 5.76 Å². The van der Waals surface area contributed by atoms with Crippen molar-refractivity contribution < 1.29 is 17.9 Å². The minimum absolute atomic E-state index is 0.546. The van der Waals surface area contributed by atoms with Crippen molar-refractivity contribution in [2.45, 2.75) is 45.7 Å². The van der Waals surface area contributed by atoms with Gasteiger partial charge in [-0.25, -0.2) is 0 Å². The van der Waals surface area contributed by atoms with Gasteiger partial charge in [-0.05, 0) is 42.7 Å². The van der Waals surface area contributed by atoms with Crippen LogP contribution in [0.25, 0.3) is 10.7 Å². The Morgan fingerprint density at radius 1 is 0.871 bits per heavy atom. The van der Waals surface area contributed by atoms with Crippen LogP contribution in [0.4, 0.5) is 18.9 Å². The van der Waals surface area contributed by atoms with Crippen molar-refractivity contribution in [3.8, 4) is 0 Å². The molecule has 1 heterocycles. The molecule has 1 aliphatic heterocycles. The number of benzene rings is 2. The highest BCUT2D eigenvalue weighted by Crippen LogP contribution is 2.40. The number of unbranched alkanes of at least 4 members (excludes halogenated alkanes) is 2. The molecule has 2 aromatic carbocycles. The summed E-state index contributed by atoms with van der Waals surface area (Å²) in [5.74, 6) is 1.48. The highest BCUT2D eigenvalue weighted by Gasteiger charge is 2.30. The van der Waals surface area contributed by atoms with Crippen molar-refractivity contribution in [2.24, 2.45) is 0 Å². The van der Waals surface area contributed by atoms with Gasteiger partial charge in [-0.2, -0.15) is 13.2 Å². The summed E-state index contributed by atoms with van der Waals surface area (Å²) in [5.41, 5.74) is 2.27. The molecule has 0 saturated heterocycles. The summed E-state index contributed by atoms with van der Waals surface area (Å²) in [5, 5.41) is 0. The van der Waals surface area contributed by atoms with Crippen LogP contribution in [0.15, 0.2) is 48.5 Å². The quantitative estimate of drug-likeness (QED) is 0.389. The number of alkyl halides is 3. The molecule has 0 saturated carbocycles. The molecule has 0 aromatic heterocycles. The zero-order valence-corrected chi connectivity index (χ0v) is 19.0. The number of halogens is 3. The molecular formula is C25H30F3NOS. The number of nitrogens with zero attached hydrogens (tertiary/aromatic N) is 1. The average molecular weight is 450 g/mol. The first-order valence-corrected chi connectivity index (χ1v) is 12.0. The van der Waals surface area contributed by atoms with Crippen molar-refractivity contribution in [3.05, 3.63) is 65.2 Å². The fourth-order valence-corrected chi connectivity index (χ4v) is 4.53. The minimum atomic E-state index is -4.34. The van der Waals surface area contributed by atoms with E-state index in [0.29, 0.717) is 17.9 Å². The van der Waals surface area contributed by atoms with E-state index in [0.717, 1.165) is 54.3 Å². The lowest BCUT2D eigenvalue weighted by molar-refractivity contribution is -0.137. The average Bonchev–Trinajstić information content (AvgIpc) is 2.79. The molecule has 0 unspecified atom stereocenters. The Balaban J connectivity index is 1.87. The number of ether oxygens (including phenoxy) is 1. The number of thioether (sulfide) groups is 1. The number of hydrogen-bond acceptors (Lipinski definition) is 3. The van der Waals surface area contributed by atoms with Gasteiger partial charge in [0.15, 0.2) is 0 Å². The molecule has 0 bridgehead atoms. The number of rotatable bonds is 9. The summed E-state index contributed by atoms with van der Waals surface area (Å²) < 4.78 is 44.6. The van der Waals surface area contributed by atoms with E-state index in [4.69, 9.17) is 4.74 Å². The van der Waals surface area contributed by atoms with Crippen molar-refractivity contribution in [2.75, 3.05) is 30.3 Å². The van der Waals surface area contributed by atoms with Gasteiger partial charge in [-0.1, -0.05) is 51.0 Å². The van der Waals surface area contributed by atoms with Crippen LogP contribution in [0, 0.1) is 0 Å². The molecular weight excluding hydrogens is 419 g/mol. The Bertz CT molecular complexity index is 852. The van der Waals surface area contributed by atoms with Crippen LogP contribution in [-0.2, 0) is 10.9 Å². The zero-order chi connectivity index (χ0) is 22.3. The number of anilines is 1. The monoisotopic (exact) mass is 449 g/mol. The SMILES string of the molecule is CCCCN(CCCC)c1ccc(C2=C(c3ccc(C(F)(F)F)cc3)OCCS2)cc1. The van der Waals surface area contributed by atoms with Gasteiger partial charge >= 0.3 is 6.18 Å². The van der Waals surface area contributed by atoms with Crippen LogP contribution < -0.4 is 4.90 Å². The second-order valence-electron chi connectivity index (χ2n) is 7.67. The first-order chi connectivity index (χ1) is 14.9. The van der Waals surface area contributed by atoms with E-state index in [9.17, 15) is 13.2 Å². The minimum Gasteiger partial charge on any atom is -0.491 e. The van der Waals surface area contributed by atoms with Crippen LogP contribution in [0.5, 0.6) is 0 Å². The van der Waals surface area contributed by atoms with Crippen molar-refractivity contribution in [3.63, 3.8) is 0 Å². The fraction of sp³-hybridized carbons (Fsp3) is 0.440. The molecule has 1 aliphatic rings. The Morgan fingerprint density at radius 2 is 1.45 bits per heavy atom. The molecule has 168 valence electrons. The summed E-state index contributed by atoms with van der Waals surface area (Å²) in [7, 11) is 0. The van der Waals surface area contributed by atoms with Gasteiger partial charge in [-0.15, -0.1) is 11.8 Å². The van der Waals surface area contributed by atoms with Gasteiger partial charge in [0.05, 0.1) is 17.1 Å². The van der Waals surface area contributed by atoms with Crippen LogP contribution in [0.3, 0.4) is 0 Å². The lowest BCUT2D eigenvalue weighted by Crippen LogP contribution is -2.25. The molecule has 0 spiro atoms. The van der Waals surface area contributed by atoms with Gasteiger partial charge in [0, 0.05) is 30.1 Å². The summed E-state index contributed by atoms with van der Waals surface area (Å²) in [6.45, 7) is 7.05. The molecule has 0 fully saturated rings. The third-order valence-corrected chi connectivity index (χ3v) is 6.40. The lowest BCUT2D eigenvalue weighted by Gasteiger charge is -2.26. The van der Waals surface area contributed by atoms with Crippen molar-refractivity contribution in [1.82, 2.24) is 0 Å². The molecule has 6 heteroatoms. The molecule has 31 heavy (non-hydrogen) atoms. The molecule has 0 radical (unpaired) electrons. The van der Waals surface area contributed by atoms with Gasteiger partial charge in [0.25, 0.3) is 0 Å². The molecule has 2 nitrogen and oxygen atoms in total. The fourth-order valence-electron chi connectivity index (χ4n) is 3.55. The summed E-state index contributed by atoms with van der Waals surface area (Å²) >= 11 is 1.69. The van der Waals surface area contributed by atoms with Gasteiger partial charge < -0.3 is 9.64 Å². The highest BCUT2D eigenvalue weighted by atomic mass is 32.2. The smallest absolute Gasteiger partial charge is 0.416 e. The molecule has 0 atom stereocenters.